The van der Waals surface area contributed by atoms with E-state index in [1.165, 1.54) is 13.1 Å². The smallest absolute Gasteiger partial charge is 0.488 e. The number of nitrogens with one attached hydrogen (secondary N) is 1. The quantitative estimate of drug-likeness (QED) is 0.286. The van der Waals surface area contributed by atoms with Gasteiger partial charge in [0.25, 0.3) is 0 Å². The fourth-order valence-electron chi connectivity index (χ4n) is 4.72. The third-order valence-electron chi connectivity index (χ3n) is 7.37. The van der Waals surface area contributed by atoms with E-state index in [2.05, 4.69) is 45.7 Å². The number of benzene rings is 2. The number of rotatable bonds is 7. The van der Waals surface area contributed by atoms with E-state index in [4.69, 9.17) is 24.1 Å². The second-order valence-electron chi connectivity index (χ2n) is 10.9. The van der Waals surface area contributed by atoms with Crippen LogP contribution in [0.5, 0.6) is 5.75 Å². The molecule has 0 saturated carbocycles. The summed E-state index contributed by atoms with van der Waals surface area (Å²) in [5.74, 6) is -0.654. The SMILES string of the molecule is Cc1noc(C)c1-c1cc(C)c2nc(Nc3ccc(OCC[N+]4(C)CCN(C)CC4)cc3)nnc2c1.O=C(O)C(F)(F)F. The van der Waals surface area contributed by atoms with Gasteiger partial charge in [0.05, 0.1) is 31.3 Å². The van der Waals surface area contributed by atoms with Crippen LogP contribution in [-0.4, -0.2) is 100 Å². The highest BCUT2D eigenvalue weighted by Gasteiger charge is 2.38. The number of halogens is 3. The number of fused-ring (bicyclic) bond motifs is 1. The number of piperazine rings is 1. The summed E-state index contributed by atoms with van der Waals surface area (Å²) < 4.78 is 44.2. The molecule has 1 aliphatic heterocycles. The van der Waals surface area contributed by atoms with Gasteiger partial charge in [-0.25, -0.2) is 9.78 Å². The minimum Gasteiger partial charge on any atom is -0.488 e. The first-order valence-electron chi connectivity index (χ1n) is 13.6. The lowest BCUT2D eigenvalue weighted by atomic mass is 10.0. The number of likely N-dealkylation sites (N-methyl/N-ethyl adjacent to an activating group) is 2. The first kappa shape index (κ1) is 31.6. The van der Waals surface area contributed by atoms with E-state index in [9.17, 15) is 13.2 Å². The summed E-state index contributed by atoms with van der Waals surface area (Å²) in [5.41, 5.74) is 6.29. The lowest BCUT2D eigenvalue weighted by molar-refractivity contribution is -0.913. The molecule has 11 nitrogen and oxygen atoms in total. The maximum absolute atomic E-state index is 10.6. The van der Waals surface area contributed by atoms with Gasteiger partial charge in [-0.1, -0.05) is 5.16 Å². The van der Waals surface area contributed by atoms with Crippen molar-refractivity contribution < 1.29 is 36.8 Å². The molecule has 0 atom stereocenters. The van der Waals surface area contributed by atoms with Crippen molar-refractivity contribution in [2.75, 3.05) is 58.7 Å². The van der Waals surface area contributed by atoms with E-state index in [1.54, 1.807) is 0 Å². The molecule has 4 aromatic rings. The van der Waals surface area contributed by atoms with Gasteiger partial charge in [0, 0.05) is 24.3 Å². The highest BCUT2D eigenvalue weighted by atomic mass is 19.4. The predicted molar refractivity (Wildman–Crippen MR) is 154 cm³/mol. The number of carboxylic acids is 1. The van der Waals surface area contributed by atoms with Gasteiger partial charge < -0.3 is 24.2 Å². The average Bonchev–Trinajstić information content (AvgIpc) is 3.29. The van der Waals surface area contributed by atoms with Gasteiger partial charge in [0.1, 0.15) is 30.2 Å². The molecule has 1 saturated heterocycles. The Balaban J connectivity index is 0.000000541. The molecule has 230 valence electrons. The van der Waals surface area contributed by atoms with Crippen LogP contribution in [0.1, 0.15) is 17.0 Å². The van der Waals surface area contributed by atoms with Crippen molar-refractivity contribution in [3.05, 3.63) is 53.4 Å². The molecule has 3 heterocycles. The summed E-state index contributed by atoms with van der Waals surface area (Å²) in [4.78, 5) is 16.0. The minimum absolute atomic E-state index is 0.455. The van der Waals surface area contributed by atoms with Crippen LogP contribution in [0.2, 0.25) is 0 Å². The Morgan fingerprint density at radius 1 is 1.12 bits per heavy atom. The van der Waals surface area contributed by atoms with E-state index < -0.39 is 12.1 Å². The molecule has 1 aliphatic rings. The number of aromatic nitrogens is 4. The van der Waals surface area contributed by atoms with Gasteiger partial charge in [-0.3, -0.25) is 4.90 Å². The molecule has 2 aromatic heterocycles. The number of anilines is 2. The largest absolute Gasteiger partial charge is 0.490 e. The summed E-state index contributed by atoms with van der Waals surface area (Å²) in [6.45, 7) is 12.2. The van der Waals surface area contributed by atoms with Crippen LogP contribution in [0.25, 0.3) is 22.2 Å². The maximum Gasteiger partial charge on any atom is 0.490 e. The second-order valence-corrected chi connectivity index (χ2v) is 10.9. The van der Waals surface area contributed by atoms with E-state index in [-0.39, 0.29) is 0 Å². The first-order valence-corrected chi connectivity index (χ1v) is 13.6. The van der Waals surface area contributed by atoms with Gasteiger partial charge in [-0.2, -0.15) is 13.2 Å². The number of carbonyl (C=O) groups is 1. The molecule has 0 amide bonds. The normalized spacial score (nSPS) is 15.1. The third kappa shape index (κ3) is 8.17. The van der Waals surface area contributed by atoms with Crippen molar-refractivity contribution >= 4 is 28.6 Å². The number of hydrogen-bond acceptors (Lipinski definition) is 9. The Morgan fingerprint density at radius 3 is 2.35 bits per heavy atom. The Bertz CT molecular complexity index is 1550. The monoisotopic (exact) mass is 602 g/mol. The summed E-state index contributed by atoms with van der Waals surface area (Å²) in [5, 5.41) is 23.2. The summed E-state index contributed by atoms with van der Waals surface area (Å²) in [6.07, 6.45) is -5.08. The Labute approximate surface area is 246 Å². The van der Waals surface area contributed by atoms with Crippen molar-refractivity contribution in [3.63, 3.8) is 0 Å². The molecule has 0 aliphatic carbocycles. The molecule has 2 N–H and O–H groups in total. The minimum atomic E-state index is -5.08. The average molecular weight is 603 g/mol. The highest BCUT2D eigenvalue weighted by Crippen LogP contribution is 2.31. The van der Waals surface area contributed by atoms with Crippen LogP contribution < -0.4 is 10.1 Å². The van der Waals surface area contributed by atoms with Crippen molar-refractivity contribution in [1.29, 1.82) is 0 Å². The van der Waals surface area contributed by atoms with Crippen molar-refractivity contribution in [1.82, 2.24) is 25.2 Å². The second kappa shape index (κ2) is 12.9. The molecular weight excluding hydrogens is 567 g/mol. The van der Waals surface area contributed by atoms with Crippen LogP contribution in [0, 0.1) is 20.8 Å². The van der Waals surface area contributed by atoms with Crippen molar-refractivity contribution in [3.8, 4) is 16.9 Å². The lowest BCUT2D eigenvalue weighted by Crippen LogP contribution is -2.57. The molecular formula is C29H35F3N7O4+. The highest BCUT2D eigenvalue weighted by molar-refractivity contribution is 5.85. The number of aliphatic carboxylic acids is 1. The Hall–Kier alpha value is -4.30. The Morgan fingerprint density at radius 2 is 1.77 bits per heavy atom. The third-order valence-corrected chi connectivity index (χ3v) is 7.37. The van der Waals surface area contributed by atoms with Crippen molar-refractivity contribution in [2.45, 2.75) is 26.9 Å². The maximum atomic E-state index is 10.6. The number of hydrogen-bond donors (Lipinski definition) is 2. The van der Waals surface area contributed by atoms with Crippen molar-refractivity contribution in [2.24, 2.45) is 0 Å². The molecule has 0 bridgehead atoms. The molecule has 14 heteroatoms. The Kier molecular flexibility index (Phi) is 9.50. The number of aryl methyl sites for hydroxylation is 3. The van der Waals surface area contributed by atoms with Crippen LogP contribution >= 0.6 is 0 Å². The fraction of sp³-hybridized carbons (Fsp3) is 0.414. The molecule has 43 heavy (non-hydrogen) atoms. The lowest BCUT2D eigenvalue weighted by Gasteiger charge is -2.40. The van der Waals surface area contributed by atoms with Gasteiger partial charge in [0.15, 0.2) is 0 Å². The first-order chi connectivity index (χ1) is 20.2. The van der Waals surface area contributed by atoms with E-state index in [0.717, 1.165) is 74.7 Å². The summed E-state index contributed by atoms with van der Waals surface area (Å²) >= 11 is 0. The summed E-state index contributed by atoms with van der Waals surface area (Å²) in [7, 11) is 4.51. The van der Waals surface area contributed by atoms with Crippen LogP contribution in [0.4, 0.5) is 24.8 Å². The van der Waals surface area contributed by atoms with E-state index in [1.807, 2.05) is 51.1 Å². The zero-order valence-electron chi connectivity index (χ0n) is 24.7. The van der Waals surface area contributed by atoms with Gasteiger partial charge >= 0.3 is 12.1 Å². The van der Waals surface area contributed by atoms with Crippen LogP contribution in [0.15, 0.2) is 40.9 Å². The molecule has 0 unspecified atom stereocenters. The van der Waals surface area contributed by atoms with E-state index in [0.29, 0.717) is 12.6 Å². The number of alkyl halides is 3. The van der Waals surface area contributed by atoms with Crippen LogP contribution in [0.3, 0.4) is 0 Å². The molecule has 5 rings (SSSR count). The van der Waals surface area contributed by atoms with Gasteiger partial charge in [-0.05, 0) is 75.3 Å². The number of nitrogens with zero attached hydrogens (tertiary/aromatic N) is 6. The molecule has 0 spiro atoms. The van der Waals surface area contributed by atoms with E-state index >= 15 is 0 Å². The zero-order valence-corrected chi connectivity index (χ0v) is 24.7. The fourth-order valence-corrected chi connectivity index (χ4v) is 4.72. The molecule has 1 fully saturated rings. The number of carboxylic acid groups (broad SMARTS) is 1. The molecule has 2 aromatic carbocycles. The topological polar surface area (TPSA) is 127 Å². The molecule has 0 radical (unpaired) electrons. The van der Waals surface area contributed by atoms with Gasteiger partial charge in [0.2, 0.25) is 5.95 Å². The van der Waals surface area contributed by atoms with Gasteiger partial charge in [-0.15, -0.1) is 10.2 Å². The summed E-state index contributed by atoms with van der Waals surface area (Å²) in [6, 6.07) is 12.0. The standard InChI is InChI=1S/C27H34N7O2.C2HF3O2/c1-18-16-21(25-19(2)32-36-20(25)3)17-24-26(18)29-27(31-30-24)28-22-6-8-23(9-7-22)35-15-14-34(5)12-10-33(4)11-13-34;3-2(4,5)1(6)7/h6-9,16-17H,10-15H2,1-5H3,(H,28,29,31);(H,6,7)/q+1;. The predicted octanol–water partition coefficient (Wildman–Crippen LogP) is 4.75. The number of quaternary nitrogens is 1. The number of ether oxygens (including phenoxy) is 1. The van der Waals surface area contributed by atoms with Crippen LogP contribution in [-0.2, 0) is 4.79 Å². The zero-order chi connectivity index (χ0) is 31.4.